The van der Waals surface area contributed by atoms with E-state index in [0.717, 1.165) is 16.8 Å². The summed E-state index contributed by atoms with van der Waals surface area (Å²) in [7, 11) is 0. The summed E-state index contributed by atoms with van der Waals surface area (Å²) in [4.78, 5) is 26.5. The fourth-order valence-electron chi connectivity index (χ4n) is 3.12. The van der Waals surface area contributed by atoms with Crippen LogP contribution in [0.25, 0.3) is 0 Å². The number of benzene rings is 2. The van der Waals surface area contributed by atoms with Crippen molar-refractivity contribution in [3.8, 4) is 0 Å². The summed E-state index contributed by atoms with van der Waals surface area (Å²) in [5.74, 6) is -0.593. The summed E-state index contributed by atoms with van der Waals surface area (Å²) in [6.07, 6.45) is 0.197. The van der Waals surface area contributed by atoms with E-state index in [1.165, 1.54) is 0 Å². The standard InChI is InChI=1S/C19H19ClN2O2/c1-12-8-13(2)18(16(20)9-12)22-11-14(10-17(22)23)19(24)21-15-6-4-3-5-7-15/h3-9,14H,10-11H2,1-2H3,(H,21,24). The summed E-state index contributed by atoms with van der Waals surface area (Å²) in [5, 5.41) is 3.41. The van der Waals surface area contributed by atoms with Crippen LogP contribution in [0.4, 0.5) is 11.4 Å². The van der Waals surface area contributed by atoms with Gasteiger partial charge >= 0.3 is 0 Å². The molecule has 0 saturated carbocycles. The number of para-hydroxylation sites is 1. The van der Waals surface area contributed by atoms with Crippen LogP contribution in [0.1, 0.15) is 17.5 Å². The SMILES string of the molecule is Cc1cc(C)c(N2CC(C(=O)Nc3ccccc3)CC2=O)c(Cl)c1. The fraction of sp³-hybridized carbons (Fsp3) is 0.263. The van der Waals surface area contributed by atoms with Crippen LogP contribution in [0.2, 0.25) is 5.02 Å². The lowest BCUT2D eigenvalue weighted by molar-refractivity contribution is -0.122. The van der Waals surface area contributed by atoms with E-state index in [4.69, 9.17) is 11.6 Å². The van der Waals surface area contributed by atoms with Crippen molar-refractivity contribution in [2.24, 2.45) is 5.92 Å². The summed E-state index contributed by atoms with van der Waals surface area (Å²) in [6.45, 7) is 4.24. The van der Waals surface area contributed by atoms with Crippen molar-refractivity contribution in [1.82, 2.24) is 0 Å². The van der Waals surface area contributed by atoms with Crippen molar-refractivity contribution in [2.45, 2.75) is 20.3 Å². The van der Waals surface area contributed by atoms with Gasteiger partial charge in [-0.3, -0.25) is 9.59 Å². The van der Waals surface area contributed by atoms with Gasteiger partial charge in [0, 0.05) is 18.7 Å². The molecule has 0 aliphatic carbocycles. The first kappa shape index (κ1) is 16.5. The van der Waals surface area contributed by atoms with E-state index in [-0.39, 0.29) is 24.2 Å². The third-order valence-electron chi connectivity index (χ3n) is 4.21. The van der Waals surface area contributed by atoms with Crippen molar-refractivity contribution >= 4 is 34.8 Å². The molecule has 2 aromatic carbocycles. The molecule has 1 N–H and O–H groups in total. The maximum absolute atomic E-state index is 12.4. The van der Waals surface area contributed by atoms with Crippen molar-refractivity contribution in [3.05, 3.63) is 58.6 Å². The van der Waals surface area contributed by atoms with Crippen molar-refractivity contribution in [1.29, 1.82) is 0 Å². The Bertz CT molecular complexity index is 766. The lowest BCUT2D eigenvalue weighted by Crippen LogP contribution is -2.28. The number of aryl methyl sites for hydroxylation is 2. The zero-order chi connectivity index (χ0) is 17.3. The molecule has 4 nitrogen and oxygen atoms in total. The Hall–Kier alpha value is -2.33. The average Bonchev–Trinajstić information content (AvgIpc) is 2.89. The minimum atomic E-state index is -0.380. The van der Waals surface area contributed by atoms with Gasteiger partial charge in [0.25, 0.3) is 0 Å². The van der Waals surface area contributed by atoms with E-state index in [0.29, 0.717) is 17.3 Å². The second kappa shape index (κ2) is 6.65. The molecule has 124 valence electrons. The molecule has 1 heterocycles. The number of anilines is 2. The van der Waals surface area contributed by atoms with E-state index in [9.17, 15) is 9.59 Å². The Balaban J connectivity index is 1.78. The third-order valence-corrected chi connectivity index (χ3v) is 4.49. The number of carbonyl (C=O) groups excluding carboxylic acids is 2. The highest BCUT2D eigenvalue weighted by atomic mass is 35.5. The van der Waals surface area contributed by atoms with E-state index in [1.807, 2.05) is 56.3 Å². The number of hydrogen-bond donors (Lipinski definition) is 1. The van der Waals surface area contributed by atoms with Gasteiger partial charge in [0.1, 0.15) is 0 Å². The van der Waals surface area contributed by atoms with Crippen molar-refractivity contribution < 1.29 is 9.59 Å². The van der Waals surface area contributed by atoms with E-state index < -0.39 is 0 Å². The number of halogens is 1. The Morgan fingerprint density at radius 2 is 1.92 bits per heavy atom. The normalized spacial score (nSPS) is 17.2. The topological polar surface area (TPSA) is 49.4 Å². The van der Waals surface area contributed by atoms with Crippen LogP contribution >= 0.6 is 11.6 Å². The molecule has 2 amide bonds. The van der Waals surface area contributed by atoms with Crippen LogP contribution in [0.3, 0.4) is 0 Å². The Kier molecular flexibility index (Phi) is 4.58. The van der Waals surface area contributed by atoms with Crippen LogP contribution < -0.4 is 10.2 Å². The van der Waals surface area contributed by atoms with Gasteiger partial charge in [0.15, 0.2) is 0 Å². The molecular weight excluding hydrogens is 324 g/mol. The van der Waals surface area contributed by atoms with Crippen LogP contribution in [-0.2, 0) is 9.59 Å². The van der Waals surface area contributed by atoms with Gasteiger partial charge in [-0.1, -0.05) is 35.9 Å². The quantitative estimate of drug-likeness (QED) is 0.918. The highest BCUT2D eigenvalue weighted by Gasteiger charge is 2.36. The van der Waals surface area contributed by atoms with E-state index in [2.05, 4.69) is 5.32 Å². The Labute approximate surface area is 146 Å². The van der Waals surface area contributed by atoms with Gasteiger partial charge in [-0.15, -0.1) is 0 Å². The van der Waals surface area contributed by atoms with E-state index in [1.54, 1.807) is 4.90 Å². The third kappa shape index (κ3) is 3.29. The molecule has 1 aliphatic rings. The smallest absolute Gasteiger partial charge is 0.229 e. The van der Waals surface area contributed by atoms with Gasteiger partial charge in [0.05, 0.1) is 16.6 Å². The van der Waals surface area contributed by atoms with E-state index >= 15 is 0 Å². The molecule has 2 aromatic rings. The second-order valence-electron chi connectivity index (χ2n) is 6.17. The zero-order valence-electron chi connectivity index (χ0n) is 13.7. The predicted octanol–water partition coefficient (Wildman–Crippen LogP) is 3.95. The van der Waals surface area contributed by atoms with Crippen LogP contribution in [0.15, 0.2) is 42.5 Å². The van der Waals surface area contributed by atoms with Crippen LogP contribution in [0.5, 0.6) is 0 Å². The molecule has 0 aromatic heterocycles. The molecule has 1 fully saturated rings. The number of hydrogen-bond acceptors (Lipinski definition) is 2. The van der Waals surface area contributed by atoms with Crippen molar-refractivity contribution in [3.63, 3.8) is 0 Å². The number of amides is 2. The zero-order valence-corrected chi connectivity index (χ0v) is 14.4. The summed E-state index contributed by atoms with van der Waals surface area (Å²) >= 11 is 6.34. The largest absolute Gasteiger partial charge is 0.326 e. The molecule has 0 bridgehead atoms. The van der Waals surface area contributed by atoms with Crippen molar-refractivity contribution in [2.75, 3.05) is 16.8 Å². The van der Waals surface area contributed by atoms with Gasteiger partial charge in [0.2, 0.25) is 11.8 Å². The maximum Gasteiger partial charge on any atom is 0.229 e. The number of carbonyl (C=O) groups is 2. The minimum Gasteiger partial charge on any atom is -0.326 e. The number of nitrogens with zero attached hydrogens (tertiary/aromatic N) is 1. The molecule has 24 heavy (non-hydrogen) atoms. The summed E-state index contributed by atoms with van der Waals surface area (Å²) < 4.78 is 0. The molecule has 1 aliphatic heterocycles. The fourth-order valence-corrected chi connectivity index (χ4v) is 3.54. The monoisotopic (exact) mass is 342 g/mol. The van der Waals surface area contributed by atoms with Gasteiger partial charge in [-0.25, -0.2) is 0 Å². The highest BCUT2D eigenvalue weighted by molar-refractivity contribution is 6.34. The lowest BCUT2D eigenvalue weighted by atomic mass is 10.1. The molecule has 5 heteroatoms. The van der Waals surface area contributed by atoms with Gasteiger partial charge in [-0.2, -0.15) is 0 Å². The predicted molar refractivity (Wildman–Crippen MR) is 96.5 cm³/mol. The molecule has 1 unspecified atom stereocenters. The summed E-state index contributed by atoms with van der Waals surface area (Å²) in [6, 6.07) is 13.1. The van der Waals surface area contributed by atoms with Gasteiger partial charge in [-0.05, 0) is 43.2 Å². The first-order valence-electron chi connectivity index (χ1n) is 7.88. The summed E-state index contributed by atoms with van der Waals surface area (Å²) in [5.41, 5.74) is 3.43. The molecule has 0 radical (unpaired) electrons. The molecule has 1 saturated heterocycles. The molecule has 0 spiro atoms. The lowest BCUT2D eigenvalue weighted by Gasteiger charge is -2.21. The van der Waals surface area contributed by atoms with Gasteiger partial charge < -0.3 is 10.2 Å². The number of rotatable bonds is 3. The number of nitrogens with one attached hydrogen (secondary N) is 1. The molecule has 3 rings (SSSR count). The first-order valence-corrected chi connectivity index (χ1v) is 8.26. The average molecular weight is 343 g/mol. The first-order chi connectivity index (χ1) is 11.5. The molecule has 1 atom stereocenters. The van der Waals surface area contributed by atoms with Crippen LogP contribution in [0, 0.1) is 19.8 Å². The minimum absolute atomic E-state index is 0.0722. The maximum atomic E-state index is 12.4. The Morgan fingerprint density at radius 1 is 1.21 bits per heavy atom. The van der Waals surface area contributed by atoms with Crippen LogP contribution in [-0.4, -0.2) is 18.4 Å². The highest BCUT2D eigenvalue weighted by Crippen LogP contribution is 2.35. The second-order valence-corrected chi connectivity index (χ2v) is 6.58. The Morgan fingerprint density at radius 3 is 2.58 bits per heavy atom. The molecular formula is C19H19ClN2O2.